The molecule has 5 rings (SSSR count). The van der Waals surface area contributed by atoms with Crippen molar-refractivity contribution in [3.8, 4) is 17.2 Å². The summed E-state index contributed by atoms with van der Waals surface area (Å²) in [5.74, 6) is 0.258. The standard InChI is InChI=1S/C26H30O13/c27-9-19-20(31)21(32)22(39-25-23(33)26(34,10-28)11-35-25)24(38-19)36-14-5-6-15-16(30)8-17(37-18(15)7-14)12-1-3-13(29)4-2-12/h1-7,17,19-25,27-29,31-34H,8-11H2/t17-,19+,20+,21-,22+,23-,24+,25-,26+/m1/s1. The van der Waals surface area contributed by atoms with Crippen LogP contribution in [0.4, 0.5) is 0 Å². The van der Waals surface area contributed by atoms with Crippen molar-refractivity contribution < 1.29 is 64.2 Å². The maximum absolute atomic E-state index is 12.8. The van der Waals surface area contributed by atoms with Gasteiger partial charge in [-0.3, -0.25) is 4.79 Å². The van der Waals surface area contributed by atoms with Crippen molar-refractivity contribution in [1.82, 2.24) is 0 Å². The average molecular weight is 551 g/mol. The van der Waals surface area contributed by atoms with Crippen molar-refractivity contribution in [2.24, 2.45) is 0 Å². The molecule has 3 heterocycles. The van der Waals surface area contributed by atoms with Crippen LogP contribution >= 0.6 is 0 Å². The second kappa shape index (κ2) is 11.0. The molecule has 0 aliphatic carbocycles. The number of ether oxygens (including phenoxy) is 5. The molecule has 2 saturated heterocycles. The van der Waals surface area contributed by atoms with Crippen molar-refractivity contribution in [2.45, 2.75) is 61.2 Å². The van der Waals surface area contributed by atoms with Crippen LogP contribution in [-0.2, 0) is 14.2 Å². The summed E-state index contributed by atoms with van der Waals surface area (Å²) < 4.78 is 28.5. The molecule has 212 valence electrons. The van der Waals surface area contributed by atoms with Gasteiger partial charge in [-0.15, -0.1) is 0 Å². The van der Waals surface area contributed by atoms with Crippen molar-refractivity contribution >= 4 is 5.78 Å². The van der Waals surface area contributed by atoms with Crippen molar-refractivity contribution in [1.29, 1.82) is 0 Å². The molecular formula is C26H30O13. The molecule has 9 atom stereocenters. The van der Waals surface area contributed by atoms with E-state index in [1.165, 1.54) is 30.3 Å². The minimum absolute atomic E-state index is 0.0753. The van der Waals surface area contributed by atoms with Crippen LogP contribution in [-0.4, -0.2) is 110 Å². The highest BCUT2D eigenvalue weighted by atomic mass is 16.8. The van der Waals surface area contributed by atoms with Crippen LogP contribution in [0, 0.1) is 0 Å². The monoisotopic (exact) mass is 550 g/mol. The SMILES string of the molecule is O=C1C[C@H](c2ccc(O)cc2)Oc2cc(O[C@H]3O[C@@H](CO)[C@H](O)[C@@H](O)[C@@H]3O[C@H]3OC[C@@](O)(CO)[C@@H]3O)ccc21. The van der Waals surface area contributed by atoms with Gasteiger partial charge in [-0.25, -0.2) is 0 Å². The molecule has 13 heteroatoms. The minimum atomic E-state index is -2.00. The van der Waals surface area contributed by atoms with Crippen LogP contribution in [0.2, 0.25) is 0 Å². The fourth-order valence-corrected chi connectivity index (χ4v) is 4.75. The van der Waals surface area contributed by atoms with Gasteiger partial charge in [0, 0.05) is 6.07 Å². The summed E-state index contributed by atoms with van der Waals surface area (Å²) >= 11 is 0. The number of aromatic hydroxyl groups is 1. The maximum Gasteiger partial charge on any atom is 0.229 e. The second-order valence-corrected chi connectivity index (χ2v) is 9.79. The van der Waals surface area contributed by atoms with Gasteiger partial charge in [0.15, 0.2) is 18.2 Å². The first-order chi connectivity index (χ1) is 18.6. The smallest absolute Gasteiger partial charge is 0.229 e. The molecule has 0 saturated carbocycles. The van der Waals surface area contributed by atoms with E-state index >= 15 is 0 Å². The van der Waals surface area contributed by atoms with E-state index in [1.54, 1.807) is 12.1 Å². The molecule has 7 N–H and O–H groups in total. The normalized spacial score (nSPS) is 36.3. The molecule has 2 aromatic carbocycles. The number of benzene rings is 2. The predicted molar refractivity (Wildman–Crippen MR) is 128 cm³/mol. The highest BCUT2D eigenvalue weighted by Crippen LogP contribution is 2.38. The van der Waals surface area contributed by atoms with Crippen molar-refractivity contribution in [3.05, 3.63) is 53.6 Å². The first-order valence-electron chi connectivity index (χ1n) is 12.3. The predicted octanol–water partition coefficient (Wildman–Crippen LogP) is -1.26. The Bertz CT molecular complexity index is 1170. The Morgan fingerprint density at radius 3 is 2.41 bits per heavy atom. The van der Waals surface area contributed by atoms with Gasteiger partial charge in [0.1, 0.15) is 53.4 Å². The lowest BCUT2D eigenvalue weighted by atomic mass is 9.96. The Morgan fingerprint density at radius 1 is 1.00 bits per heavy atom. The number of hydrogen-bond donors (Lipinski definition) is 7. The lowest BCUT2D eigenvalue weighted by molar-refractivity contribution is -0.318. The van der Waals surface area contributed by atoms with Crippen LogP contribution in [0.5, 0.6) is 17.2 Å². The number of rotatable bonds is 7. The molecule has 3 aliphatic rings. The molecule has 0 radical (unpaired) electrons. The molecular weight excluding hydrogens is 520 g/mol. The molecule has 0 aromatic heterocycles. The zero-order chi connectivity index (χ0) is 27.9. The third-order valence-electron chi connectivity index (χ3n) is 7.11. The Balaban J connectivity index is 1.37. The number of carbonyl (C=O) groups excluding carboxylic acids is 1. The summed E-state index contributed by atoms with van der Waals surface area (Å²) in [6.45, 7) is -1.93. The number of hydrogen-bond acceptors (Lipinski definition) is 13. The quantitative estimate of drug-likeness (QED) is 0.215. The van der Waals surface area contributed by atoms with Gasteiger partial charge in [-0.2, -0.15) is 0 Å². The first-order valence-corrected chi connectivity index (χ1v) is 12.3. The lowest BCUT2D eigenvalue weighted by Crippen LogP contribution is -2.62. The number of phenols is 1. The van der Waals surface area contributed by atoms with E-state index in [4.69, 9.17) is 23.7 Å². The Morgan fingerprint density at radius 2 is 1.74 bits per heavy atom. The van der Waals surface area contributed by atoms with Crippen LogP contribution in [0.1, 0.15) is 28.4 Å². The number of aliphatic hydroxyl groups excluding tert-OH is 5. The number of Topliss-reactive ketones (excluding diaryl/α,β-unsaturated/α-hetero) is 1. The number of ketones is 1. The van der Waals surface area contributed by atoms with E-state index in [0.717, 1.165) is 0 Å². The van der Waals surface area contributed by atoms with E-state index < -0.39 is 74.6 Å². The minimum Gasteiger partial charge on any atom is -0.508 e. The fourth-order valence-electron chi connectivity index (χ4n) is 4.75. The molecule has 0 bridgehead atoms. The largest absolute Gasteiger partial charge is 0.508 e. The lowest BCUT2D eigenvalue weighted by Gasteiger charge is -2.42. The Labute approximate surface area is 222 Å². The van der Waals surface area contributed by atoms with Gasteiger partial charge in [0.05, 0.1) is 31.8 Å². The van der Waals surface area contributed by atoms with E-state index in [0.29, 0.717) is 11.1 Å². The third kappa shape index (κ3) is 5.33. The third-order valence-corrected chi connectivity index (χ3v) is 7.11. The second-order valence-electron chi connectivity index (χ2n) is 9.79. The van der Waals surface area contributed by atoms with Gasteiger partial charge in [0.2, 0.25) is 6.29 Å². The van der Waals surface area contributed by atoms with E-state index in [-0.39, 0.29) is 29.5 Å². The summed E-state index contributed by atoms with van der Waals surface area (Å²) in [5, 5.41) is 70.3. The fraction of sp³-hybridized carbons (Fsp3) is 0.500. The highest BCUT2D eigenvalue weighted by molar-refractivity contribution is 6.00. The van der Waals surface area contributed by atoms with E-state index in [1.807, 2.05) is 0 Å². The highest BCUT2D eigenvalue weighted by Gasteiger charge is 2.53. The van der Waals surface area contributed by atoms with Crippen molar-refractivity contribution in [2.75, 3.05) is 19.8 Å². The topological polar surface area (TPSA) is 205 Å². The summed E-state index contributed by atoms with van der Waals surface area (Å²) in [7, 11) is 0. The summed E-state index contributed by atoms with van der Waals surface area (Å²) in [4.78, 5) is 12.8. The molecule has 0 unspecified atom stereocenters. The average Bonchev–Trinajstić information content (AvgIpc) is 3.22. The summed E-state index contributed by atoms with van der Waals surface area (Å²) in [5.41, 5.74) is -0.989. The van der Waals surface area contributed by atoms with Gasteiger partial charge >= 0.3 is 0 Å². The van der Waals surface area contributed by atoms with Gasteiger partial charge < -0.3 is 59.4 Å². The van der Waals surface area contributed by atoms with Crippen LogP contribution in [0.15, 0.2) is 42.5 Å². The molecule has 3 aliphatic heterocycles. The molecule has 2 fully saturated rings. The first kappa shape index (κ1) is 27.7. The molecule has 2 aromatic rings. The van der Waals surface area contributed by atoms with Crippen LogP contribution in [0.25, 0.3) is 0 Å². The number of phenolic OH excluding ortho intramolecular Hbond substituents is 1. The van der Waals surface area contributed by atoms with Crippen molar-refractivity contribution in [3.63, 3.8) is 0 Å². The zero-order valence-electron chi connectivity index (χ0n) is 20.6. The molecule has 0 spiro atoms. The number of aliphatic hydroxyl groups is 6. The zero-order valence-corrected chi connectivity index (χ0v) is 20.6. The maximum atomic E-state index is 12.8. The van der Waals surface area contributed by atoms with Crippen LogP contribution in [0.3, 0.4) is 0 Å². The number of fused-ring (bicyclic) bond motifs is 1. The van der Waals surface area contributed by atoms with Crippen LogP contribution < -0.4 is 9.47 Å². The van der Waals surface area contributed by atoms with Gasteiger partial charge in [0.25, 0.3) is 0 Å². The molecule has 39 heavy (non-hydrogen) atoms. The van der Waals surface area contributed by atoms with E-state index in [9.17, 15) is 40.5 Å². The molecule has 0 amide bonds. The Kier molecular flexibility index (Phi) is 7.79. The van der Waals surface area contributed by atoms with Gasteiger partial charge in [-0.1, -0.05) is 12.1 Å². The van der Waals surface area contributed by atoms with E-state index in [2.05, 4.69) is 0 Å². The molecule has 13 nitrogen and oxygen atoms in total. The Hall–Kier alpha value is -2.85. The summed E-state index contributed by atoms with van der Waals surface area (Å²) in [6.07, 6.45) is -11.2. The van der Waals surface area contributed by atoms with Gasteiger partial charge in [-0.05, 0) is 29.8 Å². The number of carbonyl (C=O) groups is 1. The summed E-state index contributed by atoms with van der Waals surface area (Å²) in [6, 6.07) is 10.7.